The number of benzene rings is 1. The number of rotatable bonds is 2. The van der Waals surface area contributed by atoms with Crippen molar-refractivity contribution in [2.75, 3.05) is 5.73 Å². The van der Waals surface area contributed by atoms with Crippen LogP contribution in [-0.2, 0) is 0 Å². The number of hydrogen-bond donors (Lipinski definition) is 1. The molecule has 0 saturated heterocycles. The second-order valence-electron chi connectivity index (χ2n) is 3.94. The third-order valence-corrected chi connectivity index (χ3v) is 2.97. The molecule has 0 atom stereocenters. The molecule has 3 aromatic rings. The van der Waals surface area contributed by atoms with Gasteiger partial charge in [-0.25, -0.2) is 0 Å². The zero-order chi connectivity index (χ0) is 13.2. The number of aromatic nitrogens is 3. The second-order valence-corrected chi connectivity index (χ2v) is 4.85. The molecule has 0 aliphatic carbocycles. The van der Waals surface area contributed by atoms with Crippen molar-refractivity contribution in [2.45, 2.75) is 0 Å². The standard InChI is InChI=1S/C13H9BrN4O/c14-10-4-9(5-11(15)6-10)13-17-12(18-19-13)8-2-1-3-16-7-8/h1-7H,15H2. The first-order valence-corrected chi connectivity index (χ1v) is 6.32. The molecule has 19 heavy (non-hydrogen) atoms. The zero-order valence-corrected chi connectivity index (χ0v) is 11.3. The maximum absolute atomic E-state index is 5.78. The van der Waals surface area contributed by atoms with Crippen molar-refractivity contribution < 1.29 is 4.52 Å². The summed E-state index contributed by atoms with van der Waals surface area (Å²) in [6.45, 7) is 0. The molecule has 0 saturated carbocycles. The first-order valence-electron chi connectivity index (χ1n) is 5.53. The summed E-state index contributed by atoms with van der Waals surface area (Å²) in [6.07, 6.45) is 3.38. The van der Waals surface area contributed by atoms with Crippen molar-refractivity contribution in [1.82, 2.24) is 15.1 Å². The fourth-order valence-electron chi connectivity index (χ4n) is 1.69. The molecule has 3 rings (SSSR count). The summed E-state index contributed by atoms with van der Waals surface area (Å²) in [7, 11) is 0. The van der Waals surface area contributed by atoms with E-state index in [1.54, 1.807) is 18.5 Å². The maximum atomic E-state index is 5.78. The highest BCUT2D eigenvalue weighted by molar-refractivity contribution is 9.10. The van der Waals surface area contributed by atoms with Crippen molar-refractivity contribution in [3.05, 3.63) is 47.2 Å². The van der Waals surface area contributed by atoms with Gasteiger partial charge in [0.1, 0.15) is 0 Å². The molecule has 0 amide bonds. The molecule has 2 aromatic heterocycles. The average Bonchev–Trinajstić information content (AvgIpc) is 2.88. The molecule has 5 nitrogen and oxygen atoms in total. The number of nitrogens with two attached hydrogens (primary N) is 1. The maximum Gasteiger partial charge on any atom is 0.258 e. The lowest BCUT2D eigenvalue weighted by atomic mass is 10.2. The van der Waals surface area contributed by atoms with E-state index in [9.17, 15) is 0 Å². The van der Waals surface area contributed by atoms with E-state index in [-0.39, 0.29) is 0 Å². The fourth-order valence-corrected chi connectivity index (χ4v) is 2.20. The molecule has 2 N–H and O–H groups in total. The molecule has 0 fully saturated rings. The van der Waals surface area contributed by atoms with E-state index in [1.807, 2.05) is 24.3 Å². The highest BCUT2D eigenvalue weighted by Gasteiger charge is 2.11. The number of anilines is 1. The zero-order valence-electron chi connectivity index (χ0n) is 9.75. The fraction of sp³-hybridized carbons (Fsp3) is 0. The predicted molar refractivity (Wildman–Crippen MR) is 75.1 cm³/mol. The van der Waals surface area contributed by atoms with Gasteiger partial charge in [-0.05, 0) is 30.3 Å². The van der Waals surface area contributed by atoms with Crippen LogP contribution in [0.25, 0.3) is 22.8 Å². The van der Waals surface area contributed by atoms with E-state index in [1.165, 1.54) is 0 Å². The Morgan fingerprint density at radius 2 is 2.05 bits per heavy atom. The van der Waals surface area contributed by atoms with Gasteiger partial charge in [0.2, 0.25) is 5.82 Å². The summed E-state index contributed by atoms with van der Waals surface area (Å²) in [6, 6.07) is 9.16. The van der Waals surface area contributed by atoms with Crippen LogP contribution < -0.4 is 5.73 Å². The van der Waals surface area contributed by atoms with Crippen LogP contribution in [0.1, 0.15) is 0 Å². The minimum Gasteiger partial charge on any atom is -0.399 e. The van der Waals surface area contributed by atoms with Gasteiger partial charge < -0.3 is 10.3 Å². The molecule has 6 heteroatoms. The lowest BCUT2D eigenvalue weighted by molar-refractivity contribution is 0.432. The molecule has 1 aromatic carbocycles. The van der Waals surface area contributed by atoms with Crippen LogP contribution in [0.3, 0.4) is 0 Å². The normalized spacial score (nSPS) is 10.6. The second kappa shape index (κ2) is 4.81. The van der Waals surface area contributed by atoms with Gasteiger partial charge in [0.05, 0.1) is 0 Å². The first-order chi connectivity index (χ1) is 9.22. The van der Waals surface area contributed by atoms with Crippen molar-refractivity contribution in [2.24, 2.45) is 0 Å². The van der Waals surface area contributed by atoms with Crippen LogP contribution in [0.2, 0.25) is 0 Å². The molecule has 0 spiro atoms. The average molecular weight is 317 g/mol. The SMILES string of the molecule is Nc1cc(Br)cc(-c2nc(-c3cccnc3)no2)c1. The lowest BCUT2D eigenvalue weighted by Gasteiger charge is -1.98. The summed E-state index contributed by atoms with van der Waals surface area (Å²) >= 11 is 3.38. The molecule has 0 unspecified atom stereocenters. The summed E-state index contributed by atoms with van der Waals surface area (Å²) in [4.78, 5) is 8.36. The minimum atomic E-state index is 0.423. The van der Waals surface area contributed by atoms with Crippen LogP contribution in [0, 0.1) is 0 Å². The van der Waals surface area contributed by atoms with Crippen LogP contribution in [0.15, 0.2) is 51.7 Å². The van der Waals surface area contributed by atoms with E-state index >= 15 is 0 Å². The molecule has 0 radical (unpaired) electrons. The van der Waals surface area contributed by atoms with Gasteiger partial charge in [-0.15, -0.1) is 0 Å². The molecular formula is C13H9BrN4O. The number of nitrogens with zero attached hydrogens (tertiary/aromatic N) is 3. The van der Waals surface area contributed by atoms with Crippen LogP contribution in [-0.4, -0.2) is 15.1 Å². The van der Waals surface area contributed by atoms with Crippen molar-refractivity contribution >= 4 is 21.6 Å². The Bertz CT molecular complexity index is 691. The summed E-state index contributed by atoms with van der Waals surface area (Å²) in [5, 5.41) is 3.94. The molecular weight excluding hydrogens is 308 g/mol. The Hall–Kier alpha value is -2.21. The Balaban J connectivity index is 2.02. The van der Waals surface area contributed by atoms with Gasteiger partial charge in [-0.1, -0.05) is 21.1 Å². The number of nitrogen functional groups attached to an aromatic ring is 1. The van der Waals surface area contributed by atoms with Crippen molar-refractivity contribution in [3.63, 3.8) is 0 Å². The van der Waals surface area contributed by atoms with Gasteiger partial charge in [0, 0.05) is 33.7 Å². The van der Waals surface area contributed by atoms with Gasteiger partial charge in [-0.3, -0.25) is 4.98 Å². The van der Waals surface area contributed by atoms with Gasteiger partial charge in [0.15, 0.2) is 0 Å². The topological polar surface area (TPSA) is 77.8 Å². The van der Waals surface area contributed by atoms with Gasteiger partial charge in [0.25, 0.3) is 5.89 Å². The molecule has 0 bridgehead atoms. The third kappa shape index (κ3) is 2.48. The van der Waals surface area contributed by atoms with Crippen molar-refractivity contribution in [3.8, 4) is 22.8 Å². The Kier molecular flexibility index (Phi) is 3.00. The largest absolute Gasteiger partial charge is 0.399 e. The number of hydrogen-bond acceptors (Lipinski definition) is 5. The molecule has 2 heterocycles. The van der Waals surface area contributed by atoms with Crippen molar-refractivity contribution in [1.29, 1.82) is 0 Å². The van der Waals surface area contributed by atoms with Gasteiger partial charge in [-0.2, -0.15) is 4.98 Å². The highest BCUT2D eigenvalue weighted by Crippen LogP contribution is 2.26. The Morgan fingerprint density at radius 1 is 1.16 bits per heavy atom. The Labute approximate surface area is 117 Å². The Morgan fingerprint density at radius 3 is 2.79 bits per heavy atom. The van der Waals surface area contributed by atoms with Crippen LogP contribution in [0.4, 0.5) is 5.69 Å². The monoisotopic (exact) mass is 316 g/mol. The predicted octanol–water partition coefficient (Wildman–Crippen LogP) is 3.14. The molecule has 94 valence electrons. The van der Waals surface area contributed by atoms with E-state index in [0.29, 0.717) is 17.4 Å². The molecule has 0 aliphatic rings. The first kappa shape index (κ1) is 11.9. The van der Waals surface area contributed by atoms with Gasteiger partial charge >= 0.3 is 0 Å². The van der Waals surface area contributed by atoms with E-state index in [0.717, 1.165) is 15.6 Å². The summed E-state index contributed by atoms with van der Waals surface area (Å²) in [5.74, 6) is 0.925. The minimum absolute atomic E-state index is 0.423. The van der Waals surface area contributed by atoms with Crippen LogP contribution in [0.5, 0.6) is 0 Å². The quantitative estimate of drug-likeness (QED) is 0.735. The summed E-state index contributed by atoms with van der Waals surface area (Å²) in [5.41, 5.74) is 7.99. The lowest BCUT2D eigenvalue weighted by Crippen LogP contribution is -1.87. The van der Waals surface area contributed by atoms with E-state index in [4.69, 9.17) is 10.3 Å². The number of halogens is 1. The smallest absolute Gasteiger partial charge is 0.258 e. The van der Waals surface area contributed by atoms with Crippen LogP contribution >= 0.6 is 15.9 Å². The highest BCUT2D eigenvalue weighted by atomic mass is 79.9. The third-order valence-electron chi connectivity index (χ3n) is 2.51. The summed E-state index contributed by atoms with van der Waals surface area (Å²) < 4.78 is 6.11. The van der Waals surface area contributed by atoms with E-state index in [2.05, 4.69) is 31.1 Å². The number of pyridine rings is 1. The van der Waals surface area contributed by atoms with E-state index < -0.39 is 0 Å². The molecule has 0 aliphatic heterocycles.